The molecule has 0 aliphatic heterocycles. The quantitative estimate of drug-likeness (QED) is 0.732. The van der Waals surface area contributed by atoms with Crippen molar-refractivity contribution in [1.82, 2.24) is 19.5 Å². The maximum Gasteiger partial charge on any atom is 0.240 e. The van der Waals surface area contributed by atoms with Gasteiger partial charge in [0.2, 0.25) is 10.0 Å². The zero-order valence-corrected chi connectivity index (χ0v) is 14.4. The van der Waals surface area contributed by atoms with Crippen molar-refractivity contribution < 1.29 is 12.8 Å². The lowest BCUT2D eigenvalue weighted by atomic mass is 10.2. The van der Waals surface area contributed by atoms with Crippen molar-refractivity contribution in [2.45, 2.75) is 18.4 Å². The van der Waals surface area contributed by atoms with Crippen LogP contribution in [0, 0.1) is 12.7 Å². The predicted octanol–water partition coefficient (Wildman–Crippen LogP) is 2.37. The van der Waals surface area contributed by atoms with E-state index in [9.17, 15) is 12.8 Å². The molecule has 3 aromatic rings. The Labute approximate surface area is 145 Å². The van der Waals surface area contributed by atoms with Crippen LogP contribution in [0.2, 0.25) is 0 Å². The van der Waals surface area contributed by atoms with Gasteiger partial charge in [-0.15, -0.1) is 0 Å². The Bertz CT molecular complexity index is 971. The number of nitrogens with one attached hydrogen (secondary N) is 1. The second kappa shape index (κ2) is 7.12. The molecule has 0 spiro atoms. The number of hydrogen-bond acceptors (Lipinski definition) is 4. The molecule has 0 bridgehead atoms. The number of sulfonamides is 1. The molecule has 0 amide bonds. The molecule has 3 rings (SSSR count). The SMILES string of the molecule is Cc1cc(S(=O)(=O)NCCn2ccc(-c3ccncc3)n2)ccc1F. The lowest BCUT2D eigenvalue weighted by Crippen LogP contribution is -2.27. The van der Waals surface area contributed by atoms with Gasteiger partial charge in [-0.05, 0) is 48.9 Å². The van der Waals surface area contributed by atoms with Gasteiger partial charge in [-0.1, -0.05) is 0 Å². The molecule has 1 aromatic carbocycles. The molecule has 0 atom stereocenters. The first kappa shape index (κ1) is 17.2. The van der Waals surface area contributed by atoms with E-state index in [4.69, 9.17) is 0 Å². The number of rotatable bonds is 6. The summed E-state index contributed by atoms with van der Waals surface area (Å²) >= 11 is 0. The van der Waals surface area contributed by atoms with Crippen molar-refractivity contribution >= 4 is 10.0 Å². The number of nitrogens with zero attached hydrogens (tertiary/aromatic N) is 3. The molecule has 0 saturated carbocycles. The van der Waals surface area contributed by atoms with E-state index in [1.165, 1.54) is 19.1 Å². The highest BCUT2D eigenvalue weighted by molar-refractivity contribution is 7.89. The second-order valence-corrected chi connectivity index (χ2v) is 7.28. The molecule has 0 saturated heterocycles. The van der Waals surface area contributed by atoms with Crippen molar-refractivity contribution in [2.75, 3.05) is 6.54 Å². The zero-order valence-electron chi connectivity index (χ0n) is 13.6. The van der Waals surface area contributed by atoms with Crippen LogP contribution >= 0.6 is 0 Å². The van der Waals surface area contributed by atoms with Crippen molar-refractivity contribution in [1.29, 1.82) is 0 Å². The smallest absolute Gasteiger partial charge is 0.240 e. The first-order valence-corrected chi connectivity index (χ1v) is 9.14. The van der Waals surface area contributed by atoms with Gasteiger partial charge in [0.1, 0.15) is 5.82 Å². The van der Waals surface area contributed by atoms with Gasteiger partial charge >= 0.3 is 0 Å². The molecular formula is C17H17FN4O2S. The highest BCUT2D eigenvalue weighted by Gasteiger charge is 2.14. The minimum Gasteiger partial charge on any atom is -0.271 e. The van der Waals surface area contributed by atoms with Gasteiger partial charge in [0.15, 0.2) is 0 Å². The standard InChI is InChI=1S/C17H17FN4O2S/c1-13-12-15(2-3-16(13)18)25(23,24)20-9-11-22-10-6-17(21-22)14-4-7-19-8-5-14/h2-8,10,12,20H,9,11H2,1H3. The predicted molar refractivity (Wildman–Crippen MR) is 91.8 cm³/mol. The third-order valence-electron chi connectivity index (χ3n) is 3.69. The molecule has 0 aliphatic rings. The second-order valence-electron chi connectivity index (χ2n) is 5.51. The van der Waals surface area contributed by atoms with Gasteiger partial charge < -0.3 is 0 Å². The minimum atomic E-state index is -3.68. The lowest BCUT2D eigenvalue weighted by molar-refractivity contribution is 0.560. The molecule has 0 aliphatic carbocycles. The van der Waals surface area contributed by atoms with Crippen molar-refractivity contribution in [3.8, 4) is 11.3 Å². The molecule has 0 unspecified atom stereocenters. The Morgan fingerprint density at radius 2 is 1.92 bits per heavy atom. The maximum atomic E-state index is 13.3. The number of aromatic nitrogens is 3. The van der Waals surface area contributed by atoms with Crippen LogP contribution < -0.4 is 4.72 Å². The van der Waals surface area contributed by atoms with Crippen LogP contribution in [0.3, 0.4) is 0 Å². The molecule has 2 heterocycles. The molecule has 0 fully saturated rings. The van der Waals surface area contributed by atoms with Crippen LogP contribution in [0.25, 0.3) is 11.3 Å². The average Bonchev–Trinajstić information content (AvgIpc) is 3.07. The summed E-state index contributed by atoms with van der Waals surface area (Å²) in [5.74, 6) is -0.431. The third-order valence-corrected chi connectivity index (χ3v) is 5.15. The molecule has 0 radical (unpaired) electrons. The van der Waals surface area contributed by atoms with Gasteiger partial charge in [-0.2, -0.15) is 5.10 Å². The summed E-state index contributed by atoms with van der Waals surface area (Å²) in [6.07, 6.45) is 5.16. The van der Waals surface area contributed by atoms with Crippen molar-refractivity contribution in [3.63, 3.8) is 0 Å². The maximum absolute atomic E-state index is 13.3. The molecule has 8 heteroatoms. The van der Waals surface area contributed by atoms with Gasteiger partial charge in [0, 0.05) is 30.7 Å². The fourth-order valence-electron chi connectivity index (χ4n) is 2.33. The molecule has 25 heavy (non-hydrogen) atoms. The zero-order chi connectivity index (χ0) is 17.9. The number of benzene rings is 1. The highest BCUT2D eigenvalue weighted by atomic mass is 32.2. The average molecular weight is 360 g/mol. The number of aryl methyl sites for hydroxylation is 1. The van der Waals surface area contributed by atoms with E-state index in [1.54, 1.807) is 23.3 Å². The van der Waals surface area contributed by atoms with E-state index in [2.05, 4.69) is 14.8 Å². The fraction of sp³-hybridized carbons (Fsp3) is 0.176. The molecule has 130 valence electrons. The van der Waals surface area contributed by atoms with Crippen LogP contribution in [0.15, 0.2) is 59.9 Å². The topological polar surface area (TPSA) is 76.9 Å². The van der Waals surface area contributed by atoms with Gasteiger partial charge in [0.25, 0.3) is 0 Å². The van der Waals surface area contributed by atoms with E-state index in [0.717, 1.165) is 17.3 Å². The van der Waals surface area contributed by atoms with E-state index < -0.39 is 15.8 Å². The normalized spacial score (nSPS) is 11.6. The molecule has 6 nitrogen and oxygen atoms in total. The summed E-state index contributed by atoms with van der Waals surface area (Å²) in [4.78, 5) is 4.01. The first-order valence-electron chi connectivity index (χ1n) is 7.65. The monoisotopic (exact) mass is 360 g/mol. The Morgan fingerprint density at radius 3 is 2.64 bits per heavy atom. The third kappa shape index (κ3) is 4.09. The fourth-order valence-corrected chi connectivity index (χ4v) is 3.43. The van der Waals surface area contributed by atoms with Crippen LogP contribution in [0.1, 0.15) is 5.56 Å². The summed E-state index contributed by atoms with van der Waals surface area (Å²) in [6.45, 7) is 2.08. The number of hydrogen-bond donors (Lipinski definition) is 1. The van der Waals surface area contributed by atoms with E-state index in [0.29, 0.717) is 6.54 Å². The van der Waals surface area contributed by atoms with Crippen molar-refractivity contribution in [3.05, 3.63) is 66.4 Å². The Kier molecular flexibility index (Phi) is 4.91. The van der Waals surface area contributed by atoms with Crippen LogP contribution in [-0.2, 0) is 16.6 Å². The summed E-state index contributed by atoms with van der Waals surface area (Å²) in [5.41, 5.74) is 2.02. The van der Waals surface area contributed by atoms with E-state index in [-0.39, 0.29) is 17.0 Å². The van der Waals surface area contributed by atoms with Crippen molar-refractivity contribution in [2.24, 2.45) is 0 Å². The number of halogens is 1. The van der Waals surface area contributed by atoms with Crippen LogP contribution in [0.5, 0.6) is 0 Å². The summed E-state index contributed by atoms with van der Waals surface area (Å²) in [7, 11) is -3.68. The largest absolute Gasteiger partial charge is 0.271 e. The van der Waals surface area contributed by atoms with E-state index in [1.807, 2.05) is 18.2 Å². The molecular weight excluding hydrogens is 343 g/mol. The Hall–Kier alpha value is -2.58. The van der Waals surface area contributed by atoms with Gasteiger partial charge in [-0.25, -0.2) is 17.5 Å². The Morgan fingerprint density at radius 1 is 1.16 bits per heavy atom. The van der Waals surface area contributed by atoms with Crippen LogP contribution in [0.4, 0.5) is 4.39 Å². The Balaban J connectivity index is 1.63. The molecule has 1 N–H and O–H groups in total. The lowest BCUT2D eigenvalue weighted by Gasteiger charge is -2.08. The summed E-state index contributed by atoms with van der Waals surface area (Å²) in [6, 6.07) is 9.28. The summed E-state index contributed by atoms with van der Waals surface area (Å²) < 4.78 is 41.9. The van der Waals surface area contributed by atoms with Gasteiger partial charge in [-0.3, -0.25) is 9.67 Å². The minimum absolute atomic E-state index is 0.0457. The summed E-state index contributed by atoms with van der Waals surface area (Å²) in [5, 5.41) is 4.40. The molecule has 2 aromatic heterocycles. The first-order chi connectivity index (χ1) is 12.0. The highest BCUT2D eigenvalue weighted by Crippen LogP contribution is 2.15. The van der Waals surface area contributed by atoms with Crippen LogP contribution in [-0.4, -0.2) is 29.7 Å². The van der Waals surface area contributed by atoms with Gasteiger partial charge in [0.05, 0.1) is 17.1 Å². The number of pyridine rings is 1. The van der Waals surface area contributed by atoms with E-state index >= 15 is 0 Å².